The fourth-order valence-electron chi connectivity index (χ4n) is 4.11. The van der Waals surface area contributed by atoms with Gasteiger partial charge in [-0.25, -0.2) is 4.39 Å². The van der Waals surface area contributed by atoms with Crippen LogP contribution in [0.2, 0.25) is 0 Å². The van der Waals surface area contributed by atoms with Gasteiger partial charge in [-0.15, -0.1) is 0 Å². The maximum atomic E-state index is 13.3. The van der Waals surface area contributed by atoms with Crippen LogP contribution in [0.15, 0.2) is 42.5 Å². The Labute approximate surface area is 172 Å². The number of carbonyl (C=O) groups is 1. The predicted molar refractivity (Wildman–Crippen MR) is 116 cm³/mol. The number of hydrogen-bond donors (Lipinski definition) is 2. The maximum absolute atomic E-state index is 13.3. The Morgan fingerprint density at radius 3 is 2.48 bits per heavy atom. The Morgan fingerprint density at radius 2 is 1.86 bits per heavy atom. The summed E-state index contributed by atoms with van der Waals surface area (Å²) >= 11 is 0. The zero-order valence-electron chi connectivity index (χ0n) is 17.7. The second-order valence-corrected chi connectivity index (χ2v) is 9.12. The minimum absolute atomic E-state index is 0.0186. The number of aliphatic hydroxyl groups is 1. The number of anilines is 3. The normalized spacial score (nSPS) is 17.4. The molecule has 1 fully saturated rings. The number of benzene rings is 2. The van der Waals surface area contributed by atoms with Gasteiger partial charge in [0, 0.05) is 18.7 Å². The third kappa shape index (κ3) is 4.78. The molecule has 0 bridgehead atoms. The fraction of sp³-hybridized carbons (Fsp3) is 0.458. The first-order chi connectivity index (χ1) is 13.6. The Bertz CT molecular complexity index is 856. The van der Waals surface area contributed by atoms with Gasteiger partial charge >= 0.3 is 0 Å². The molecule has 0 saturated carbocycles. The van der Waals surface area contributed by atoms with E-state index in [1.54, 1.807) is 12.1 Å². The molecule has 0 aliphatic carbocycles. The molecule has 1 heterocycles. The van der Waals surface area contributed by atoms with Crippen LogP contribution >= 0.6 is 0 Å². The summed E-state index contributed by atoms with van der Waals surface area (Å²) in [5.41, 5.74) is 2.63. The lowest BCUT2D eigenvalue weighted by atomic mass is 9.81. The molecule has 2 aromatic rings. The second-order valence-electron chi connectivity index (χ2n) is 9.12. The van der Waals surface area contributed by atoms with Crippen LogP contribution in [-0.2, 0) is 10.2 Å². The highest BCUT2D eigenvalue weighted by molar-refractivity contribution is 5.77. The molecule has 1 aliphatic rings. The van der Waals surface area contributed by atoms with Gasteiger partial charge in [0.25, 0.3) is 0 Å². The van der Waals surface area contributed by atoms with Crippen molar-refractivity contribution in [3.63, 3.8) is 0 Å². The van der Waals surface area contributed by atoms with Crippen molar-refractivity contribution in [1.82, 2.24) is 0 Å². The Morgan fingerprint density at radius 1 is 1.17 bits per heavy atom. The Balaban J connectivity index is 2.04. The fourth-order valence-corrected chi connectivity index (χ4v) is 4.11. The molecule has 0 spiro atoms. The van der Waals surface area contributed by atoms with Crippen LogP contribution in [-0.4, -0.2) is 29.6 Å². The van der Waals surface area contributed by atoms with E-state index < -0.39 is 5.60 Å². The van der Waals surface area contributed by atoms with E-state index in [0.717, 1.165) is 48.3 Å². The van der Waals surface area contributed by atoms with Gasteiger partial charge in [0.2, 0.25) is 0 Å². The van der Waals surface area contributed by atoms with Crippen molar-refractivity contribution in [2.45, 2.75) is 64.0 Å². The largest absolute Gasteiger partial charge is 0.388 e. The zero-order chi connectivity index (χ0) is 21.2. The van der Waals surface area contributed by atoms with E-state index in [9.17, 15) is 14.3 Å². The number of hydrogen-bond acceptors (Lipinski definition) is 4. The van der Waals surface area contributed by atoms with Crippen LogP contribution in [0, 0.1) is 5.82 Å². The highest BCUT2D eigenvalue weighted by atomic mass is 19.1. The molecule has 4 nitrogen and oxygen atoms in total. The predicted octanol–water partition coefficient (Wildman–Crippen LogP) is 5.18. The van der Waals surface area contributed by atoms with Crippen LogP contribution in [0.3, 0.4) is 0 Å². The molecule has 0 radical (unpaired) electrons. The van der Waals surface area contributed by atoms with E-state index in [1.165, 1.54) is 12.1 Å². The molecule has 0 amide bonds. The molecule has 5 heteroatoms. The molecule has 2 aromatic carbocycles. The summed E-state index contributed by atoms with van der Waals surface area (Å²) in [6.07, 6.45) is 3.32. The van der Waals surface area contributed by atoms with E-state index in [0.29, 0.717) is 6.42 Å². The summed E-state index contributed by atoms with van der Waals surface area (Å²) in [7, 11) is 0. The molecule has 1 saturated heterocycles. The first-order valence-corrected chi connectivity index (χ1v) is 10.2. The van der Waals surface area contributed by atoms with Crippen molar-refractivity contribution in [3.8, 4) is 0 Å². The molecular formula is C24H31FN2O2. The minimum Gasteiger partial charge on any atom is -0.388 e. The van der Waals surface area contributed by atoms with E-state index >= 15 is 0 Å². The second kappa shape index (κ2) is 8.15. The van der Waals surface area contributed by atoms with Gasteiger partial charge in [-0.05, 0) is 74.1 Å². The van der Waals surface area contributed by atoms with Crippen molar-refractivity contribution < 1.29 is 14.3 Å². The smallest absolute Gasteiger partial charge is 0.123 e. The summed E-state index contributed by atoms with van der Waals surface area (Å²) in [5, 5.41) is 14.1. The van der Waals surface area contributed by atoms with Gasteiger partial charge in [0.1, 0.15) is 12.1 Å². The molecule has 156 valence electrons. The van der Waals surface area contributed by atoms with Crippen molar-refractivity contribution in [1.29, 1.82) is 0 Å². The van der Waals surface area contributed by atoms with E-state index in [-0.39, 0.29) is 17.3 Å². The standard InChI is InChI=1S/C24H31FN2O2/c1-23(2,13-15-28)17-7-12-21(27-14-5-6-22(27)24(3,4)29)20(16-17)26-19-10-8-18(25)9-11-19/h7-12,15-16,22,26,29H,5-6,13-14H2,1-4H3. The van der Waals surface area contributed by atoms with Crippen LogP contribution in [0.4, 0.5) is 21.5 Å². The van der Waals surface area contributed by atoms with E-state index in [2.05, 4.69) is 28.4 Å². The third-order valence-corrected chi connectivity index (χ3v) is 5.87. The van der Waals surface area contributed by atoms with Crippen molar-refractivity contribution >= 4 is 23.3 Å². The Kier molecular flexibility index (Phi) is 5.99. The van der Waals surface area contributed by atoms with Gasteiger partial charge in [-0.2, -0.15) is 0 Å². The van der Waals surface area contributed by atoms with E-state index in [1.807, 2.05) is 27.7 Å². The molecule has 2 N–H and O–H groups in total. The highest BCUT2D eigenvalue weighted by Crippen LogP contribution is 2.40. The van der Waals surface area contributed by atoms with Crippen molar-refractivity contribution in [2.24, 2.45) is 0 Å². The zero-order valence-corrected chi connectivity index (χ0v) is 17.7. The lowest BCUT2D eigenvalue weighted by Crippen LogP contribution is -2.46. The number of halogens is 1. The van der Waals surface area contributed by atoms with Crippen molar-refractivity contribution in [3.05, 3.63) is 53.8 Å². The van der Waals surface area contributed by atoms with Crippen molar-refractivity contribution in [2.75, 3.05) is 16.8 Å². The first-order valence-electron chi connectivity index (χ1n) is 10.2. The molecule has 1 atom stereocenters. The van der Waals surface area contributed by atoms with Gasteiger partial charge in [-0.3, -0.25) is 0 Å². The SMILES string of the molecule is CC(C)(CC=O)c1ccc(N2CCCC2C(C)(C)O)c(Nc2ccc(F)cc2)c1. The summed E-state index contributed by atoms with van der Waals surface area (Å²) in [4.78, 5) is 13.4. The van der Waals surface area contributed by atoms with Crippen LogP contribution in [0.5, 0.6) is 0 Å². The monoisotopic (exact) mass is 398 g/mol. The van der Waals surface area contributed by atoms with Gasteiger partial charge in [0.15, 0.2) is 0 Å². The molecule has 3 rings (SSSR count). The summed E-state index contributed by atoms with van der Waals surface area (Å²) < 4.78 is 13.3. The van der Waals surface area contributed by atoms with Crippen LogP contribution in [0.25, 0.3) is 0 Å². The topological polar surface area (TPSA) is 52.6 Å². The number of nitrogens with one attached hydrogen (secondary N) is 1. The number of carbonyl (C=O) groups excluding carboxylic acids is 1. The minimum atomic E-state index is -0.820. The van der Waals surface area contributed by atoms with E-state index in [4.69, 9.17) is 0 Å². The van der Waals surface area contributed by atoms with Gasteiger partial charge < -0.3 is 20.1 Å². The molecular weight excluding hydrogens is 367 g/mol. The number of nitrogens with zero attached hydrogens (tertiary/aromatic N) is 1. The molecule has 29 heavy (non-hydrogen) atoms. The number of rotatable bonds is 7. The summed E-state index contributed by atoms with van der Waals surface area (Å²) in [5.74, 6) is -0.279. The molecule has 1 aliphatic heterocycles. The average molecular weight is 399 g/mol. The summed E-state index contributed by atoms with van der Waals surface area (Å²) in [6, 6.07) is 12.5. The lowest BCUT2D eigenvalue weighted by molar-refractivity contribution is -0.108. The quantitative estimate of drug-likeness (QED) is 0.632. The van der Waals surface area contributed by atoms with Gasteiger partial charge in [-0.1, -0.05) is 19.9 Å². The summed E-state index contributed by atoms with van der Waals surface area (Å²) in [6.45, 7) is 8.67. The average Bonchev–Trinajstić information content (AvgIpc) is 3.13. The lowest BCUT2D eigenvalue weighted by Gasteiger charge is -2.37. The number of aldehydes is 1. The molecule has 1 unspecified atom stereocenters. The first kappa shape index (κ1) is 21.3. The van der Waals surface area contributed by atoms with Gasteiger partial charge in [0.05, 0.1) is 23.0 Å². The van der Waals surface area contributed by atoms with Crippen LogP contribution in [0.1, 0.15) is 52.5 Å². The maximum Gasteiger partial charge on any atom is 0.123 e. The molecule has 0 aromatic heterocycles. The Hall–Kier alpha value is -2.40. The van der Waals surface area contributed by atoms with Crippen LogP contribution < -0.4 is 10.2 Å². The third-order valence-electron chi connectivity index (χ3n) is 5.87. The highest BCUT2D eigenvalue weighted by Gasteiger charge is 2.37.